The lowest BCUT2D eigenvalue weighted by Gasteiger charge is -2.20. The molecule has 1 aromatic carbocycles. The second-order valence-corrected chi connectivity index (χ2v) is 8.13. The highest BCUT2D eigenvalue weighted by Crippen LogP contribution is 2.16. The fraction of sp³-hybridized carbons (Fsp3) is 0.280. The molecule has 34 heavy (non-hydrogen) atoms. The first-order valence-corrected chi connectivity index (χ1v) is 10.8. The van der Waals surface area contributed by atoms with Crippen LogP contribution in [0.25, 0.3) is 0 Å². The van der Waals surface area contributed by atoms with Gasteiger partial charge in [-0.1, -0.05) is 32.0 Å². The molecule has 0 aliphatic rings. The molecule has 0 bridgehead atoms. The van der Waals surface area contributed by atoms with E-state index in [1.807, 2.05) is 6.07 Å². The van der Waals surface area contributed by atoms with Crippen molar-refractivity contribution in [2.75, 3.05) is 12.0 Å². The summed E-state index contributed by atoms with van der Waals surface area (Å²) in [5, 5.41) is 2.57. The van der Waals surface area contributed by atoms with Gasteiger partial charge in [0.15, 0.2) is 12.4 Å². The van der Waals surface area contributed by atoms with Crippen LogP contribution in [0.1, 0.15) is 56.5 Å². The van der Waals surface area contributed by atoms with Gasteiger partial charge in [-0.3, -0.25) is 24.5 Å². The van der Waals surface area contributed by atoms with Gasteiger partial charge in [0.25, 0.3) is 11.8 Å². The fourth-order valence-corrected chi connectivity index (χ4v) is 3.39. The number of hydrogen-bond donors (Lipinski definition) is 2. The number of aromatic nitrogens is 1. The molecule has 2 aromatic heterocycles. The zero-order valence-electron chi connectivity index (χ0n) is 19.5. The number of nitrogens with zero attached hydrogens (tertiary/aromatic N) is 1. The summed E-state index contributed by atoms with van der Waals surface area (Å²) in [6, 6.07) is 12.4. The van der Waals surface area contributed by atoms with Gasteiger partial charge < -0.3 is 14.5 Å². The highest BCUT2D eigenvalue weighted by molar-refractivity contribution is 6.02. The molecular formula is C25H27N3O6. The molecule has 178 valence electrons. The minimum Gasteiger partial charge on any atom is -0.459 e. The zero-order valence-corrected chi connectivity index (χ0v) is 19.5. The van der Waals surface area contributed by atoms with Crippen LogP contribution in [-0.2, 0) is 9.53 Å². The van der Waals surface area contributed by atoms with Crippen molar-refractivity contribution in [3.63, 3.8) is 0 Å². The Morgan fingerprint density at radius 3 is 2.32 bits per heavy atom. The lowest BCUT2D eigenvalue weighted by atomic mass is 10.0. The fourth-order valence-electron chi connectivity index (χ4n) is 3.39. The van der Waals surface area contributed by atoms with Crippen molar-refractivity contribution in [3.8, 4) is 0 Å². The monoisotopic (exact) mass is 465 g/mol. The largest absolute Gasteiger partial charge is 0.459 e. The van der Waals surface area contributed by atoms with E-state index in [0.29, 0.717) is 22.5 Å². The van der Waals surface area contributed by atoms with Crippen LogP contribution in [0.3, 0.4) is 0 Å². The summed E-state index contributed by atoms with van der Waals surface area (Å²) in [5.74, 6) is -2.24. The molecule has 0 saturated heterocycles. The first-order valence-electron chi connectivity index (χ1n) is 10.8. The number of benzene rings is 1. The average Bonchev–Trinajstić information content (AvgIpc) is 3.45. The molecular weight excluding hydrogens is 438 g/mol. The summed E-state index contributed by atoms with van der Waals surface area (Å²) in [7, 11) is 0. The van der Waals surface area contributed by atoms with Gasteiger partial charge in [-0.05, 0) is 50.1 Å². The number of hydrogen-bond acceptors (Lipinski definition) is 6. The van der Waals surface area contributed by atoms with E-state index in [4.69, 9.17) is 9.15 Å². The van der Waals surface area contributed by atoms with Gasteiger partial charge in [0.1, 0.15) is 6.04 Å². The van der Waals surface area contributed by atoms with E-state index in [1.165, 1.54) is 17.0 Å². The van der Waals surface area contributed by atoms with Crippen molar-refractivity contribution in [1.29, 1.82) is 0 Å². The van der Waals surface area contributed by atoms with Crippen molar-refractivity contribution >= 4 is 23.6 Å². The Balaban J connectivity index is 1.64. The summed E-state index contributed by atoms with van der Waals surface area (Å²) in [6.45, 7) is 6.43. The quantitative estimate of drug-likeness (QED) is 0.370. The van der Waals surface area contributed by atoms with Crippen LogP contribution in [0.15, 0.2) is 59.2 Å². The van der Waals surface area contributed by atoms with E-state index in [0.717, 1.165) is 0 Å². The first-order chi connectivity index (χ1) is 16.2. The summed E-state index contributed by atoms with van der Waals surface area (Å²) < 4.78 is 11.8. The summed E-state index contributed by atoms with van der Waals surface area (Å²) >= 11 is 0. The van der Waals surface area contributed by atoms with Crippen molar-refractivity contribution in [2.45, 2.75) is 33.7 Å². The number of aryl methyl sites for hydroxylation is 1. The van der Waals surface area contributed by atoms with Gasteiger partial charge >= 0.3 is 5.97 Å². The SMILES string of the molecule is Cc1cc(C(=O)COC(=O)C(NC(=O)c2ccco2)C(C)C)c(C)n1NC(=O)c1ccccc1. The van der Waals surface area contributed by atoms with Gasteiger partial charge in [-0.15, -0.1) is 0 Å². The Labute approximate surface area is 197 Å². The van der Waals surface area contributed by atoms with E-state index in [2.05, 4.69) is 10.7 Å². The molecule has 9 nitrogen and oxygen atoms in total. The van der Waals surface area contributed by atoms with Crippen LogP contribution >= 0.6 is 0 Å². The van der Waals surface area contributed by atoms with Gasteiger partial charge in [0.2, 0.25) is 5.78 Å². The number of carbonyl (C=O) groups excluding carboxylic acids is 4. The second kappa shape index (κ2) is 10.7. The molecule has 9 heteroatoms. The van der Waals surface area contributed by atoms with Crippen LogP contribution < -0.4 is 10.7 Å². The maximum atomic E-state index is 12.8. The third-order valence-electron chi connectivity index (χ3n) is 5.28. The molecule has 1 atom stereocenters. The smallest absolute Gasteiger partial charge is 0.329 e. The third kappa shape index (κ3) is 5.61. The lowest BCUT2D eigenvalue weighted by Crippen LogP contribution is -2.45. The van der Waals surface area contributed by atoms with E-state index >= 15 is 0 Å². The molecule has 0 radical (unpaired) electrons. The Hall–Kier alpha value is -4.14. The Morgan fingerprint density at radius 1 is 1.00 bits per heavy atom. The first kappa shape index (κ1) is 24.5. The van der Waals surface area contributed by atoms with Gasteiger partial charge in [-0.25, -0.2) is 4.79 Å². The van der Waals surface area contributed by atoms with E-state index in [-0.39, 0.29) is 17.6 Å². The van der Waals surface area contributed by atoms with Crippen LogP contribution in [-0.4, -0.2) is 40.9 Å². The predicted octanol–water partition coefficient (Wildman–Crippen LogP) is 3.26. The molecule has 0 fully saturated rings. The minimum atomic E-state index is -0.956. The van der Waals surface area contributed by atoms with E-state index in [1.54, 1.807) is 64.1 Å². The van der Waals surface area contributed by atoms with Gasteiger partial charge in [0.05, 0.1) is 6.26 Å². The van der Waals surface area contributed by atoms with Crippen molar-refractivity contribution < 1.29 is 28.3 Å². The van der Waals surface area contributed by atoms with E-state index < -0.39 is 30.3 Å². The summed E-state index contributed by atoms with van der Waals surface area (Å²) in [5.41, 5.74) is 4.71. The van der Waals surface area contributed by atoms with Crippen molar-refractivity contribution in [3.05, 3.63) is 83.1 Å². The summed E-state index contributed by atoms with van der Waals surface area (Å²) in [4.78, 5) is 50.1. The maximum absolute atomic E-state index is 12.8. The number of amides is 2. The number of rotatable bonds is 9. The summed E-state index contributed by atoms with van der Waals surface area (Å²) in [6.07, 6.45) is 1.36. The standard InChI is InChI=1S/C25H27N3O6/c1-15(2)22(26-24(31)21-11-8-12-33-21)25(32)34-14-20(29)19-13-16(3)28(17(19)4)27-23(30)18-9-6-5-7-10-18/h5-13,15,22H,14H2,1-4H3,(H,26,31)(H,27,30). The van der Waals surface area contributed by atoms with Crippen molar-refractivity contribution in [1.82, 2.24) is 9.99 Å². The average molecular weight is 466 g/mol. The zero-order chi connectivity index (χ0) is 24.8. The number of Topliss-reactive ketones (excluding diaryl/α,β-unsaturated/α-hetero) is 1. The molecule has 3 rings (SSSR count). The van der Waals surface area contributed by atoms with Gasteiger partial charge in [-0.2, -0.15) is 0 Å². The Kier molecular flexibility index (Phi) is 7.68. The van der Waals surface area contributed by atoms with Gasteiger partial charge in [0, 0.05) is 22.5 Å². The molecule has 2 heterocycles. The molecule has 2 amide bonds. The molecule has 2 N–H and O–H groups in total. The molecule has 0 spiro atoms. The van der Waals surface area contributed by atoms with E-state index in [9.17, 15) is 19.2 Å². The van der Waals surface area contributed by atoms with Crippen LogP contribution in [0.2, 0.25) is 0 Å². The maximum Gasteiger partial charge on any atom is 0.329 e. The van der Waals surface area contributed by atoms with Crippen molar-refractivity contribution in [2.24, 2.45) is 5.92 Å². The Morgan fingerprint density at radius 2 is 1.71 bits per heavy atom. The highest BCUT2D eigenvalue weighted by atomic mass is 16.5. The number of nitrogens with one attached hydrogen (secondary N) is 2. The highest BCUT2D eigenvalue weighted by Gasteiger charge is 2.28. The number of furan rings is 1. The molecule has 0 aliphatic carbocycles. The van der Waals surface area contributed by atoms with Crippen LogP contribution in [0.4, 0.5) is 0 Å². The van der Waals surface area contributed by atoms with Crippen LogP contribution in [0, 0.1) is 19.8 Å². The third-order valence-corrected chi connectivity index (χ3v) is 5.28. The predicted molar refractivity (Wildman–Crippen MR) is 124 cm³/mol. The molecule has 1 unspecified atom stereocenters. The normalized spacial score (nSPS) is 11.7. The minimum absolute atomic E-state index is 0.0690. The molecule has 0 aliphatic heterocycles. The topological polar surface area (TPSA) is 120 Å². The molecule has 0 saturated carbocycles. The number of esters is 1. The Bertz CT molecular complexity index is 1180. The second-order valence-electron chi connectivity index (χ2n) is 8.13. The number of ether oxygens (including phenoxy) is 1. The number of ketones is 1. The number of carbonyl (C=O) groups is 4. The lowest BCUT2D eigenvalue weighted by molar-refractivity contribution is -0.145. The van der Waals surface area contributed by atoms with Crippen LogP contribution in [0.5, 0.6) is 0 Å². The molecule has 3 aromatic rings.